The predicted octanol–water partition coefficient (Wildman–Crippen LogP) is 4.20. The van der Waals surface area contributed by atoms with E-state index in [0.717, 1.165) is 53.9 Å². The number of benzene rings is 2. The van der Waals surface area contributed by atoms with Crippen molar-refractivity contribution < 1.29 is 14.6 Å². The van der Waals surface area contributed by atoms with Crippen LogP contribution in [0.1, 0.15) is 53.0 Å². The Morgan fingerprint density at radius 2 is 1.82 bits per heavy atom. The molecule has 4 nitrogen and oxygen atoms in total. The van der Waals surface area contributed by atoms with Gasteiger partial charge in [-0.2, -0.15) is 0 Å². The molecule has 3 N–H and O–H groups in total. The summed E-state index contributed by atoms with van der Waals surface area (Å²) in [7, 11) is 1.72. The van der Waals surface area contributed by atoms with Gasteiger partial charge in [0.05, 0.1) is 20.3 Å². The molecule has 2 aromatic rings. The summed E-state index contributed by atoms with van der Waals surface area (Å²) < 4.78 is 11.5. The molecular formula is C24H33NO3. The fourth-order valence-electron chi connectivity index (χ4n) is 4.46. The predicted molar refractivity (Wildman–Crippen MR) is 113 cm³/mol. The van der Waals surface area contributed by atoms with Crippen molar-refractivity contribution in [2.45, 2.75) is 57.9 Å². The Labute approximate surface area is 168 Å². The van der Waals surface area contributed by atoms with Crippen molar-refractivity contribution in [3.05, 3.63) is 58.1 Å². The fourth-order valence-corrected chi connectivity index (χ4v) is 4.46. The van der Waals surface area contributed by atoms with Gasteiger partial charge in [0.15, 0.2) is 0 Å². The summed E-state index contributed by atoms with van der Waals surface area (Å²) in [6, 6.07) is 10.8. The summed E-state index contributed by atoms with van der Waals surface area (Å²) in [5, 5.41) is 9.49. The molecule has 1 aliphatic carbocycles. The van der Waals surface area contributed by atoms with Crippen molar-refractivity contribution in [1.29, 1.82) is 0 Å². The zero-order chi connectivity index (χ0) is 20.3. The average Bonchev–Trinajstić information content (AvgIpc) is 3.06. The lowest BCUT2D eigenvalue weighted by molar-refractivity contribution is 0.198. The highest BCUT2D eigenvalue weighted by atomic mass is 16.5. The number of aliphatic hydroxyl groups is 1. The lowest BCUT2D eigenvalue weighted by Crippen LogP contribution is -2.40. The molecule has 0 bridgehead atoms. The van der Waals surface area contributed by atoms with Crippen LogP contribution in [-0.2, 0) is 6.42 Å². The standard InChI is InChI=1S/C24H33NO3/c1-16-13-20(21-7-9-24(25,14-21)15-26)5-6-22(16)28-10-8-19-11-17(2)23(27-4)18(3)12-19/h5-6,11-13,21,26H,7-10,14-15,25H2,1-4H3/t21-,24-/m1/s1. The van der Waals surface area contributed by atoms with Gasteiger partial charge in [0.2, 0.25) is 0 Å². The zero-order valence-corrected chi connectivity index (χ0v) is 17.5. The highest BCUT2D eigenvalue weighted by molar-refractivity contribution is 5.43. The first-order valence-corrected chi connectivity index (χ1v) is 10.1. The lowest BCUT2D eigenvalue weighted by atomic mass is 9.92. The lowest BCUT2D eigenvalue weighted by Gasteiger charge is -2.21. The molecule has 3 rings (SSSR count). The van der Waals surface area contributed by atoms with Crippen molar-refractivity contribution in [1.82, 2.24) is 0 Å². The van der Waals surface area contributed by atoms with Gasteiger partial charge in [-0.1, -0.05) is 24.3 Å². The van der Waals surface area contributed by atoms with Gasteiger partial charge in [-0.05, 0) is 79.8 Å². The topological polar surface area (TPSA) is 64.7 Å². The summed E-state index contributed by atoms with van der Waals surface area (Å²) in [4.78, 5) is 0. The minimum Gasteiger partial charge on any atom is -0.496 e. The third kappa shape index (κ3) is 4.50. The Bertz CT molecular complexity index is 810. The van der Waals surface area contributed by atoms with Crippen molar-refractivity contribution in [2.24, 2.45) is 5.73 Å². The van der Waals surface area contributed by atoms with Gasteiger partial charge in [0.25, 0.3) is 0 Å². The summed E-state index contributed by atoms with van der Waals surface area (Å²) in [6.45, 7) is 6.96. The number of nitrogens with two attached hydrogens (primary N) is 1. The third-order valence-electron chi connectivity index (χ3n) is 6.00. The third-order valence-corrected chi connectivity index (χ3v) is 6.00. The molecule has 0 heterocycles. The Balaban J connectivity index is 1.60. The highest BCUT2D eigenvalue weighted by Crippen LogP contribution is 2.40. The molecule has 0 saturated heterocycles. The SMILES string of the molecule is COc1c(C)cc(CCOc2ccc([C@@H]3CC[C@](N)(CO)C3)cc2C)cc1C. The molecule has 0 aromatic heterocycles. The van der Waals surface area contributed by atoms with Crippen LogP contribution < -0.4 is 15.2 Å². The van der Waals surface area contributed by atoms with Crippen LogP contribution in [0.5, 0.6) is 11.5 Å². The van der Waals surface area contributed by atoms with Crippen molar-refractivity contribution in [3.63, 3.8) is 0 Å². The first-order chi connectivity index (χ1) is 13.3. The summed E-state index contributed by atoms with van der Waals surface area (Å²) in [6.07, 6.45) is 3.63. The highest BCUT2D eigenvalue weighted by Gasteiger charge is 2.35. The van der Waals surface area contributed by atoms with E-state index in [1.54, 1.807) is 7.11 Å². The monoisotopic (exact) mass is 383 g/mol. The van der Waals surface area contributed by atoms with Crippen LogP contribution >= 0.6 is 0 Å². The fraction of sp³-hybridized carbons (Fsp3) is 0.500. The van der Waals surface area contributed by atoms with E-state index in [-0.39, 0.29) is 6.61 Å². The second-order valence-electron chi connectivity index (χ2n) is 8.35. The van der Waals surface area contributed by atoms with Gasteiger partial charge in [0, 0.05) is 12.0 Å². The minimum atomic E-state index is -0.414. The molecule has 0 unspecified atom stereocenters. The molecule has 4 heteroatoms. The smallest absolute Gasteiger partial charge is 0.124 e. The van der Waals surface area contributed by atoms with Crippen molar-refractivity contribution >= 4 is 0 Å². The van der Waals surface area contributed by atoms with Crippen LogP contribution in [-0.4, -0.2) is 31.0 Å². The number of ether oxygens (including phenoxy) is 2. The zero-order valence-electron chi connectivity index (χ0n) is 17.5. The van der Waals surface area contributed by atoms with Gasteiger partial charge in [-0.3, -0.25) is 0 Å². The van der Waals surface area contributed by atoms with Gasteiger partial charge in [-0.15, -0.1) is 0 Å². The number of aryl methyl sites for hydroxylation is 3. The molecule has 1 aliphatic rings. The van der Waals surface area contributed by atoms with E-state index in [9.17, 15) is 5.11 Å². The van der Waals surface area contributed by atoms with E-state index < -0.39 is 5.54 Å². The Morgan fingerprint density at radius 1 is 1.11 bits per heavy atom. The van der Waals surface area contributed by atoms with Crippen LogP contribution in [0.3, 0.4) is 0 Å². The van der Waals surface area contributed by atoms with E-state index in [2.05, 4.69) is 51.1 Å². The van der Waals surface area contributed by atoms with Crippen LogP contribution in [0.2, 0.25) is 0 Å². The molecule has 1 saturated carbocycles. The van der Waals surface area contributed by atoms with Crippen LogP contribution in [0, 0.1) is 20.8 Å². The number of aliphatic hydroxyl groups excluding tert-OH is 1. The van der Waals surface area contributed by atoms with Gasteiger partial charge < -0.3 is 20.3 Å². The molecule has 2 aromatic carbocycles. The minimum absolute atomic E-state index is 0.0635. The van der Waals surface area contributed by atoms with Gasteiger partial charge in [-0.25, -0.2) is 0 Å². The summed E-state index contributed by atoms with van der Waals surface area (Å²) in [5.74, 6) is 2.32. The average molecular weight is 384 g/mol. The van der Waals surface area contributed by atoms with Gasteiger partial charge in [0.1, 0.15) is 11.5 Å². The number of rotatable bonds is 7. The molecule has 0 aliphatic heterocycles. The maximum atomic E-state index is 9.49. The van der Waals surface area contributed by atoms with Crippen LogP contribution in [0.4, 0.5) is 0 Å². The van der Waals surface area contributed by atoms with E-state index in [1.807, 2.05) is 0 Å². The quantitative estimate of drug-likeness (QED) is 0.752. The second kappa shape index (κ2) is 8.54. The maximum Gasteiger partial charge on any atom is 0.124 e. The van der Waals surface area contributed by atoms with Gasteiger partial charge >= 0.3 is 0 Å². The molecule has 2 atom stereocenters. The van der Waals surface area contributed by atoms with Crippen LogP contribution in [0.15, 0.2) is 30.3 Å². The Hall–Kier alpha value is -2.04. The largest absolute Gasteiger partial charge is 0.496 e. The van der Waals surface area contributed by atoms with E-state index in [1.165, 1.54) is 11.1 Å². The molecule has 0 radical (unpaired) electrons. The number of hydrogen-bond acceptors (Lipinski definition) is 4. The van der Waals surface area contributed by atoms with E-state index >= 15 is 0 Å². The number of hydrogen-bond donors (Lipinski definition) is 2. The first kappa shape index (κ1) is 20.7. The molecule has 0 spiro atoms. The first-order valence-electron chi connectivity index (χ1n) is 10.1. The molecule has 0 amide bonds. The maximum absolute atomic E-state index is 9.49. The van der Waals surface area contributed by atoms with Crippen molar-refractivity contribution in [3.8, 4) is 11.5 Å². The number of methoxy groups -OCH3 is 1. The molecule has 28 heavy (non-hydrogen) atoms. The Kier molecular flexibility index (Phi) is 6.31. The molecule has 152 valence electrons. The molecular weight excluding hydrogens is 350 g/mol. The summed E-state index contributed by atoms with van der Waals surface area (Å²) >= 11 is 0. The second-order valence-corrected chi connectivity index (χ2v) is 8.35. The normalized spacial score (nSPS) is 21.7. The van der Waals surface area contributed by atoms with E-state index in [4.69, 9.17) is 15.2 Å². The van der Waals surface area contributed by atoms with Crippen LogP contribution in [0.25, 0.3) is 0 Å². The Morgan fingerprint density at radius 3 is 2.39 bits per heavy atom. The molecule has 1 fully saturated rings. The summed E-state index contributed by atoms with van der Waals surface area (Å²) in [5.41, 5.74) is 11.9. The van der Waals surface area contributed by atoms with Crippen molar-refractivity contribution in [2.75, 3.05) is 20.3 Å². The van der Waals surface area contributed by atoms with E-state index in [0.29, 0.717) is 12.5 Å².